The van der Waals surface area contributed by atoms with Crippen LogP contribution in [0.2, 0.25) is 0 Å². The van der Waals surface area contributed by atoms with Gasteiger partial charge in [-0.3, -0.25) is 0 Å². The predicted octanol–water partition coefficient (Wildman–Crippen LogP) is 2.33. The Hall–Kier alpha value is -1.25. The quantitative estimate of drug-likeness (QED) is 0.814. The molecule has 0 N–H and O–H groups in total. The van der Waals surface area contributed by atoms with Gasteiger partial charge in [-0.05, 0) is 17.9 Å². The summed E-state index contributed by atoms with van der Waals surface area (Å²) >= 11 is 1.57. The Bertz CT molecular complexity index is 688. The summed E-state index contributed by atoms with van der Waals surface area (Å²) in [5, 5.41) is 7.86. The maximum atomic E-state index is 12.0. The largest absolute Gasteiger partial charge is 0.339 e. The topological polar surface area (TPSA) is 76.3 Å². The van der Waals surface area contributed by atoms with E-state index in [4.69, 9.17) is 4.52 Å². The van der Waals surface area contributed by atoms with Crippen molar-refractivity contribution in [3.63, 3.8) is 0 Å². The highest BCUT2D eigenvalue weighted by Gasteiger charge is 2.39. The molecule has 2 aromatic rings. The number of aromatic nitrogens is 2. The molecule has 1 fully saturated rings. The molecule has 8 heteroatoms. The van der Waals surface area contributed by atoms with Gasteiger partial charge >= 0.3 is 0 Å². The SMILES string of the molecule is CCCCS(=O)(=O)N1CC(c2nc(-c3ccsc3)no2)C1. The van der Waals surface area contributed by atoms with Gasteiger partial charge in [0.15, 0.2) is 0 Å². The van der Waals surface area contributed by atoms with Crippen molar-refractivity contribution in [3.05, 3.63) is 22.7 Å². The molecule has 3 heterocycles. The molecule has 0 spiro atoms. The van der Waals surface area contributed by atoms with E-state index in [9.17, 15) is 8.42 Å². The second kappa shape index (κ2) is 5.86. The summed E-state index contributed by atoms with van der Waals surface area (Å²) in [4.78, 5) is 4.36. The summed E-state index contributed by atoms with van der Waals surface area (Å²) in [5.74, 6) is 1.33. The summed E-state index contributed by atoms with van der Waals surface area (Å²) in [7, 11) is -3.12. The molecular weight excluding hydrogens is 310 g/mol. The minimum Gasteiger partial charge on any atom is -0.339 e. The van der Waals surface area contributed by atoms with Crippen LogP contribution in [-0.4, -0.2) is 41.7 Å². The van der Waals surface area contributed by atoms with Crippen LogP contribution in [0.25, 0.3) is 11.4 Å². The van der Waals surface area contributed by atoms with Crippen LogP contribution in [0.5, 0.6) is 0 Å². The molecule has 3 rings (SSSR count). The lowest BCUT2D eigenvalue weighted by molar-refractivity contribution is 0.216. The van der Waals surface area contributed by atoms with Crippen molar-refractivity contribution in [1.29, 1.82) is 0 Å². The molecule has 0 aromatic carbocycles. The second-order valence-corrected chi connectivity index (χ2v) is 8.02. The molecule has 0 radical (unpaired) electrons. The molecular formula is C13H17N3O3S2. The molecule has 114 valence electrons. The van der Waals surface area contributed by atoms with Gasteiger partial charge in [0, 0.05) is 24.0 Å². The van der Waals surface area contributed by atoms with Gasteiger partial charge in [0.2, 0.25) is 21.7 Å². The van der Waals surface area contributed by atoms with E-state index >= 15 is 0 Å². The predicted molar refractivity (Wildman–Crippen MR) is 80.6 cm³/mol. The zero-order valence-corrected chi connectivity index (χ0v) is 13.4. The van der Waals surface area contributed by atoms with E-state index in [2.05, 4.69) is 10.1 Å². The van der Waals surface area contributed by atoms with Gasteiger partial charge in [-0.15, -0.1) is 0 Å². The average molecular weight is 327 g/mol. The molecule has 0 unspecified atom stereocenters. The fraction of sp³-hybridized carbons (Fsp3) is 0.538. The first-order valence-electron chi connectivity index (χ1n) is 6.94. The lowest BCUT2D eigenvalue weighted by Crippen LogP contribution is -2.49. The smallest absolute Gasteiger partial charge is 0.232 e. The summed E-state index contributed by atoms with van der Waals surface area (Å²) in [6, 6.07) is 1.93. The monoisotopic (exact) mass is 327 g/mol. The first-order chi connectivity index (χ1) is 10.1. The fourth-order valence-corrected chi connectivity index (χ4v) is 4.55. The molecule has 1 saturated heterocycles. The minimum absolute atomic E-state index is 0.0151. The maximum absolute atomic E-state index is 12.0. The van der Waals surface area contributed by atoms with E-state index in [1.54, 1.807) is 11.3 Å². The number of rotatable bonds is 6. The molecule has 1 aliphatic rings. The Balaban J connectivity index is 1.62. The van der Waals surface area contributed by atoms with E-state index in [-0.39, 0.29) is 11.7 Å². The first kappa shape index (κ1) is 14.7. The van der Waals surface area contributed by atoms with Crippen molar-refractivity contribution in [2.24, 2.45) is 0 Å². The van der Waals surface area contributed by atoms with Crippen LogP contribution in [0, 0.1) is 0 Å². The van der Waals surface area contributed by atoms with Crippen molar-refractivity contribution < 1.29 is 12.9 Å². The molecule has 6 nitrogen and oxygen atoms in total. The number of hydrogen-bond acceptors (Lipinski definition) is 6. The zero-order chi connectivity index (χ0) is 14.9. The lowest BCUT2D eigenvalue weighted by Gasteiger charge is -2.35. The Morgan fingerprint density at radius 1 is 1.48 bits per heavy atom. The summed E-state index contributed by atoms with van der Waals surface area (Å²) in [6.45, 7) is 2.87. The average Bonchev–Trinajstić information content (AvgIpc) is 3.04. The highest BCUT2D eigenvalue weighted by molar-refractivity contribution is 7.89. The van der Waals surface area contributed by atoms with Crippen LogP contribution in [0.3, 0.4) is 0 Å². The Morgan fingerprint density at radius 2 is 2.29 bits per heavy atom. The normalized spacial score (nSPS) is 17.0. The van der Waals surface area contributed by atoms with Crippen molar-refractivity contribution in [1.82, 2.24) is 14.4 Å². The van der Waals surface area contributed by atoms with Gasteiger partial charge in [0.05, 0.1) is 11.7 Å². The third kappa shape index (κ3) is 3.02. The summed E-state index contributed by atoms with van der Waals surface area (Å²) in [5.41, 5.74) is 0.932. The zero-order valence-electron chi connectivity index (χ0n) is 11.7. The number of sulfonamides is 1. The van der Waals surface area contributed by atoms with E-state index in [0.717, 1.165) is 12.0 Å². The van der Waals surface area contributed by atoms with Crippen LogP contribution in [0.15, 0.2) is 21.3 Å². The highest BCUT2D eigenvalue weighted by Crippen LogP contribution is 2.30. The van der Waals surface area contributed by atoms with E-state index in [0.29, 0.717) is 31.2 Å². The second-order valence-electron chi connectivity index (χ2n) is 5.15. The lowest BCUT2D eigenvalue weighted by atomic mass is 10.0. The Labute approximate surface area is 127 Å². The number of nitrogens with zero attached hydrogens (tertiary/aromatic N) is 3. The van der Waals surface area contributed by atoms with Crippen LogP contribution >= 0.6 is 11.3 Å². The standard InChI is InChI=1S/C13H17N3O3S2/c1-2-3-6-21(17,18)16-7-11(8-16)13-14-12(15-19-13)10-4-5-20-9-10/h4-5,9,11H,2-3,6-8H2,1H3. The van der Waals surface area contributed by atoms with Crippen LogP contribution in [0.1, 0.15) is 31.6 Å². The summed E-state index contributed by atoms with van der Waals surface area (Å²) in [6.07, 6.45) is 1.58. The van der Waals surface area contributed by atoms with E-state index in [1.165, 1.54) is 4.31 Å². The Kier molecular flexibility index (Phi) is 4.10. The number of unbranched alkanes of at least 4 members (excludes halogenated alkanes) is 1. The van der Waals surface area contributed by atoms with Crippen LogP contribution < -0.4 is 0 Å². The van der Waals surface area contributed by atoms with Gasteiger partial charge < -0.3 is 4.52 Å². The van der Waals surface area contributed by atoms with Gasteiger partial charge in [-0.2, -0.15) is 16.3 Å². The molecule has 0 atom stereocenters. The summed E-state index contributed by atoms with van der Waals surface area (Å²) < 4.78 is 30.8. The molecule has 1 aliphatic heterocycles. The molecule has 21 heavy (non-hydrogen) atoms. The minimum atomic E-state index is -3.12. The van der Waals surface area contributed by atoms with Gasteiger partial charge in [-0.1, -0.05) is 18.5 Å². The fourth-order valence-electron chi connectivity index (χ4n) is 2.19. The van der Waals surface area contributed by atoms with E-state index in [1.807, 2.05) is 23.8 Å². The van der Waals surface area contributed by atoms with Crippen molar-refractivity contribution in [3.8, 4) is 11.4 Å². The highest BCUT2D eigenvalue weighted by atomic mass is 32.2. The number of hydrogen-bond donors (Lipinski definition) is 0. The molecule has 0 aliphatic carbocycles. The maximum Gasteiger partial charge on any atom is 0.232 e. The van der Waals surface area contributed by atoms with Gasteiger partial charge in [0.1, 0.15) is 0 Å². The van der Waals surface area contributed by atoms with Gasteiger partial charge in [-0.25, -0.2) is 12.7 Å². The van der Waals surface area contributed by atoms with E-state index < -0.39 is 10.0 Å². The molecule has 0 saturated carbocycles. The van der Waals surface area contributed by atoms with Crippen molar-refractivity contribution >= 4 is 21.4 Å². The van der Waals surface area contributed by atoms with Crippen LogP contribution in [0.4, 0.5) is 0 Å². The third-order valence-corrected chi connectivity index (χ3v) is 6.14. The third-order valence-electron chi connectivity index (χ3n) is 3.57. The molecule has 0 bridgehead atoms. The van der Waals surface area contributed by atoms with Crippen molar-refractivity contribution in [2.75, 3.05) is 18.8 Å². The van der Waals surface area contributed by atoms with Crippen LogP contribution in [-0.2, 0) is 10.0 Å². The molecule has 2 aromatic heterocycles. The first-order valence-corrected chi connectivity index (χ1v) is 9.49. The Morgan fingerprint density at radius 3 is 2.95 bits per heavy atom. The van der Waals surface area contributed by atoms with Gasteiger partial charge in [0.25, 0.3) is 0 Å². The molecule has 0 amide bonds. The number of thiophene rings is 1. The van der Waals surface area contributed by atoms with Crippen molar-refractivity contribution in [2.45, 2.75) is 25.7 Å².